The van der Waals surface area contributed by atoms with E-state index in [-0.39, 0.29) is 0 Å². The van der Waals surface area contributed by atoms with Crippen molar-refractivity contribution in [1.82, 2.24) is 9.55 Å². The predicted octanol–water partition coefficient (Wildman–Crippen LogP) is 4.13. The smallest absolute Gasteiger partial charge is 0.124 e. The van der Waals surface area contributed by atoms with Gasteiger partial charge in [0.25, 0.3) is 0 Å². The van der Waals surface area contributed by atoms with Gasteiger partial charge in [-0.05, 0) is 37.0 Å². The quantitative estimate of drug-likeness (QED) is 0.746. The van der Waals surface area contributed by atoms with Gasteiger partial charge in [-0.2, -0.15) is 0 Å². The number of alkyl halides is 1. The Labute approximate surface area is 108 Å². The van der Waals surface area contributed by atoms with Crippen LogP contribution in [-0.4, -0.2) is 9.55 Å². The van der Waals surface area contributed by atoms with Crippen LogP contribution >= 0.6 is 11.6 Å². The Bertz CT molecular complexity index is 514. The summed E-state index contributed by atoms with van der Waals surface area (Å²) in [4.78, 5) is 4.58. The van der Waals surface area contributed by atoms with Crippen molar-refractivity contribution in [2.24, 2.45) is 5.92 Å². The second-order valence-corrected chi connectivity index (χ2v) is 5.26. The molecule has 2 nitrogen and oxygen atoms in total. The Balaban J connectivity index is 2.45. The number of nitrogens with zero attached hydrogens (tertiary/aromatic N) is 2. The molecule has 0 amide bonds. The molecule has 0 radical (unpaired) electrons. The Kier molecular flexibility index (Phi) is 3.72. The lowest BCUT2D eigenvalue weighted by Gasteiger charge is -2.09. The molecule has 1 heterocycles. The molecule has 2 aromatic rings. The third-order valence-corrected chi connectivity index (χ3v) is 3.27. The molecule has 1 aromatic heterocycles. The number of rotatable bonds is 4. The molecule has 0 N–H and O–H groups in total. The van der Waals surface area contributed by atoms with Crippen LogP contribution in [0.25, 0.3) is 11.0 Å². The van der Waals surface area contributed by atoms with Crippen LogP contribution in [0.15, 0.2) is 18.2 Å². The van der Waals surface area contributed by atoms with Gasteiger partial charge in [-0.1, -0.05) is 19.9 Å². The zero-order valence-corrected chi connectivity index (χ0v) is 11.5. The summed E-state index contributed by atoms with van der Waals surface area (Å²) >= 11 is 5.98. The first kappa shape index (κ1) is 12.4. The average Bonchev–Trinajstić information content (AvgIpc) is 2.63. The molecule has 1 aromatic carbocycles. The summed E-state index contributed by atoms with van der Waals surface area (Å²) in [6.07, 6.45) is 1.16. The monoisotopic (exact) mass is 250 g/mol. The lowest BCUT2D eigenvalue weighted by atomic mass is 10.1. The van der Waals surface area contributed by atoms with Gasteiger partial charge in [0.15, 0.2) is 0 Å². The molecule has 0 aliphatic heterocycles. The molecule has 0 atom stereocenters. The molecule has 0 unspecified atom stereocenters. The van der Waals surface area contributed by atoms with Gasteiger partial charge >= 0.3 is 0 Å². The van der Waals surface area contributed by atoms with Crippen molar-refractivity contribution in [3.8, 4) is 0 Å². The molecule has 0 fully saturated rings. The van der Waals surface area contributed by atoms with E-state index in [4.69, 9.17) is 11.6 Å². The van der Waals surface area contributed by atoms with Crippen LogP contribution in [0, 0.1) is 12.8 Å². The lowest BCUT2D eigenvalue weighted by Crippen LogP contribution is -2.05. The molecule has 0 saturated carbocycles. The number of aromatic nitrogens is 2. The van der Waals surface area contributed by atoms with Crippen LogP contribution in [0.1, 0.15) is 31.7 Å². The highest BCUT2D eigenvalue weighted by Crippen LogP contribution is 2.20. The summed E-state index contributed by atoms with van der Waals surface area (Å²) in [5.74, 6) is 2.15. The van der Waals surface area contributed by atoms with E-state index in [1.807, 2.05) is 0 Å². The SMILES string of the molecule is Cc1ccc2nc(CCl)n(CCC(C)C)c2c1. The number of hydrogen-bond donors (Lipinski definition) is 0. The van der Waals surface area contributed by atoms with Gasteiger partial charge in [-0.15, -0.1) is 11.6 Å². The zero-order chi connectivity index (χ0) is 12.4. The highest BCUT2D eigenvalue weighted by atomic mass is 35.5. The van der Waals surface area contributed by atoms with E-state index in [1.54, 1.807) is 0 Å². The second-order valence-electron chi connectivity index (χ2n) is 4.99. The molecular weight excluding hydrogens is 232 g/mol. The molecule has 92 valence electrons. The topological polar surface area (TPSA) is 17.8 Å². The predicted molar refractivity (Wildman–Crippen MR) is 73.5 cm³/mol. The first-order valence-corrected chi connectivity index (χ1v) is 6.67. The third-order valence-electron chi connectivity index (χ3n) is 3.03. The fourth-order valence-corrected chi connectivity index (χ4v) is 2.23. The van der Waals surface area contributed by atoms with Crippen molar-refractivity contribution in [2.75, 3.05) is 0 Å². The minimum absolute atomic E-state index is 0.478. The molecule has 2 rings (SSSR count). The highest BCUT2D eigenvalue weighted by Gasteiger charge is 2.10. The summed E-state index contributed by atoms with van der Waals surface area (Å²) in [7, 11) is 0. The van der Waals surface area contributed by atoms with E-state index in [0.29, 0.717) is 11.8 Å². The second kappa shape index (κ2) is 5.09. The number of hydrogen-bond acceptors (Lipinski definition) is 1. The summed E-state index contributed by atoms with van der Waals surface area (Å²) in [6.45, 7) is 7.59. The average molecular weight is 251 g/mol. The van der Waals surface area contributed by atoms with E-state index >= 15 is 0 Å². The van der Waals surface area contributed by atoms with Crippen molar-refractivity contribution in [3.05, 3.63) is 29.6 Å². The van der Waals surface area contributed by atoms with Crippen LogP contribution < -0.4 is 0 Å². The van der Waals surface area contributed by atoms with E-state index in [2.05, 4.69) is 48.5 Å². The van der Waals surface area contributed by atoms with Crippen LogP contribution in [0.4, 0.5) is 0 Å². The Morgan fingerprint density at radius 2 is 2.12 bits per heavy atom. The molecule has 17 heavy (non-hydrogen) atoms. The summed E-state index contributed by atoms with van der Waals surface area (Å²) < 4.78 is 2.26. The maximum atomic E-state index is 5.98. The van der Waals surface area contributed by atoms with Gasteiger partial charge in [0.2, 0.25) is 0 Å². The van der Waals surface area contributed by atoms with Crippen molar-refractivity contribution in [2.45, 2.75) is 39.6 Å². The van der Waals surface area contributed by atoms with Gasteiger partial charge in [0.1, 0.15) is 5.82 Å². The maximum absolute atomic E-state index is 5.98. The summed E-state index contributed by atoms with van der Waals surface area (Å²) in [6, 6.07) is 6.37. The number of benzene rings is 1. The van der Waals surface area contributed by atoms with Gasteiger partial charge in [0.05, 0.1) is 16.9 Å². The molecule has 0 aliphatic carbocycles. The molecule has 0 aliphatic rings. The molecular formula is C14H19ClN2. The third kappa shape index (κ3) is 2.63. The summed E-state index contributed by atoms with van der Waals surface area (Å²) in [5.41, 5.74) is 3.53. The summed E-state index contributed by atoms with van der Waals surface area (Å²) in [5, 5.41) is 0. The Morgan fingerprint density at radius 1 is 1.35 bits per heavy atom. The normalized spacial score (nSPS) is 11.6. The van der Waals surface area contributed by atoms with Gasteiger partial charge in [0, 0.05) is 6.54 Å². The van der Waals surface area contributed by atoms with E-state index in [1.165, 1.54) is 11.1 Å². The van der Waals surface area contributed by atoms with Gasteiger partial charge in [-0.3, -0.25) is 0 Å². The van der Waals surface area contributed by atoms with Gasteiger partial charge < -0.3 is 4.57 Å². The fraction of sp³-hybridized carbons (Fsp3) is 0.500. The lowest BCUT2D eigenvalue weighted by molar-refractivity contribution is 0.516. The minimum atomic E-state index is 0.478. The zero-order valence-electron chi connectivity index (χ0n) is 10.7. The van der Waals surface area contributed by atoms with E-state index < -0.39 is 0 Å². The van der Waals surface area contributed by atoms with Crippen molar-refractivity contribution >= 4 is 22.6 Å². The highest BCUT2D eigenvalue weighted by molar-refractivity contribution is 6.16. The molecule has 3 heteroatoms. The van der Waals surface area contributed by atoms with Crippen molar-refractivity contribution in [1.29, 1.82) is 0 Å². The number of halogens is 1. The van der Waals surface area contributed by atoms with Crippen molar-refractivity contribution < 1.29 is 0 Å². The van der Waals surface area contributed by atoms with Gasteiger partial charge in [-0.25, -0.2) is 4.98 Å². The van der Waals surface area contributed by atoms with Crippen LogP contribution in [0.3, 0.4) is 0 Å². The number of fused-ring (bicyclic) bond motifs is 1. The molecule has 0 saturated heterocycles. The maximum Gasteiger partial charge on any atom is 0.124 e. The molecule has 0 spiro atoms. The first-order valence-electron chi connectivity index (χ1n) is 6.13. The number of imidazole rings is 1. The Morgan fingerprint density at radius 3 is 2.76 bits per heavy atom. The first-order chi connectivity index (χ1) is 8.11. The van der Waals surface area contributed by atoms with E-state index in [0.717, 1.165) is 24.3 Å². The van der Waals surface area contributed by atoms with E-state index in [9.17, 15) is 0 Å². The Hall–Kier alpha value is -1.02. The standard InChI is InChI=1S/C14H19ClN2/c1-10(2)6-7-17-13-8-11(3)4-5-12(13)16-14(17)9-15/h4-5,8,10H,6-7,9H2,1-3H3. The van der Waals surface area contributed by atoms with Crippen LogP contribution in [-0.2, 0) is 12.4 Å². The van der Waals surface area contributed by atoms with Crippen molar-refractivity contribution in [3.63, 3.8) is 0 Å². The number of aryl methyl sites for hydroxylation is 2. The van der Waals surface area contributed by atoms with Crippen LogP contribution in [0.5, 0.6) is 0 Å². The fourth-order valence-electron chi connectivity index (χ4n) is 2.02. The largest absolute Gasteiger partial charge is 0.327 e. The molecule has 0 bridgehead atoms. The minimum Gasteiger partial charge on any atom is -0.327 e. The van der Waals surface area contributed by atoms with Crippen LogP contribution in [0.2, 0.25) is 0 Å².